The van der Waals surface area contributed by atoms with Gasteiger partial charge in [-0.15, -0.1) is 5.10 Å². The Morgan fingerprint density at radius 3 is 2.57 bits per heavy atom. The first-order valence-electron chi connectivity index (χ1n) is 10.7. The van der Waals surface area contributed by atoms with Gasteiger partial charge in [0.25, 0.3) is 5.91 Å². The molecule has 160 valence electrons. The Bertz CT molecular complexity index is 861. The van der Waals surface area contributed by atoms with Gasteiger partial charge >= 0.3 is 0 Å². The van der Waals surface area contributed by atoms with Crippen LogP contribution in [0.1, 0.15) is 73.5 Å². The Morgan fingerprint density at radius 1 is 1.17 bits per heavy atom. The van der Waals surface area contributed by atoms with Gasteiger partial charge in [-0.3, -0.25) is 9.59 Å². The van der Waals surface area contributed by atoms with E-state index in [1.165, 1.54) is 0 Å². The van der Waals surface area contributed by atoms with Crippen LogP contribution in [0.25, 0.3) is 0 Å². The predicted molar refractivity (Wildman–Crippen MR) is 114 cm³/mol. The predicted octanol–water partition coefficient (Wildman–Crippen LogP) is 3.73. The second-order valence-corrected chi connectivity index (χ2v) is 8.72. The molecule has 0 radical (unpaired) electrons. The van der Waals surface area contributed by atoms with E-state index < -0.39 is 6.04 Å². The maximum absolute atomic E-state index is 13.6. The molecule has 2 fully saturated rings. The van der Waals surface area contributed by atoms with Crippen molar-refractivity contribution in [3.05, 3.63) is 40.9 Å². The number of nitrogens with zero attached hydrogens (tertiary/aromatic N) is 3. The molecule has 0 bridgehead atoms. The highest BCUT2D eigenvalue weighted by Gasteiger charge is 2.39. The van der Waals surface area contributed by atoms with Crippen LogP contribution in [-0.2, 0) is 4.79 Å². The summed E-state index contributed by atoms with van der Waals surface area (Å²) in [5.74, 6) is 0.309. The summed E-state index contributed by atoms with van der Waals surface area (Å²) in [6, 6.07) is 6.92. The Morgan fingerprint density at radius 2 is 1.90 bits per heavy atom. The Hall–Kier alpha value is -2.48. The molecule has 8 heteroatoms. The molecule has 1 unspecified atom stereocenters. The van der Waals surface area contributed by atoms with Gasteiger partial charge < -0.3 is 15.0 Å². The van der Waals surface area contributed by atoms with Crippen LogP contribution in [-0.4, -0.2) is 45.5 Å². The number of aromatic nitrogens is 2. The molecule has 30 heavy (non-hydrogen) atoms. The minimum absolute atomic E-state index is 0.00438. The summed E-state index contributed by atoms with van der Waals surface area (Å²) in [6.07, 6.45) is 8.13. The third-order valence-corrected chi connectivity index (χ3v) is 6.67. The van der Waals surface area contributed by atoms with Crippen molar-refractivity contribution in [2.45, 2.75) is 69.5 Å². The van der Waals surface area contributed by atoms with Crippen molar-refractivity contribution in [3.8, 4) is 5.75 Å². The molecular weight excluding hydrogens is 400 g/mol. The van der Waals surface area contributed by atoms with Gasteiger partial charge in [0.15, 0.2) is 5.69 Å². The molecular formula is C22H28N4O3S. The zero-order valence-corrected chi connectivity index (χ0v) is 18.1. The number of carbonyl (C=O) groups is 2. The van der Waals surface area contributed by atoms with Gasteiger partial charge in [-0.05, 0) is 54.9 Å². The number of ether oxygens (including phenoxy) is 1. The number of nitrogens with one attached hydrogen (secondary N) is 1. The van der Waals surface area contributed by atoms with Crippen LogP contribution < -0.4 is 10.1 Å². The minimum Gasteiger partial charge on any atom is -0.497 e. The van der Waals surface area contributed by atoms with Crippen LogP contribution in [0.4, 0.5) is 0 Å². The summed E-state index contributed by atoms with van der Waals surface area (Å²) in [5, 5.41) is 8.87. The van der Waals surface area contributed by atoms with Crippen LogP contribution in [0.5, 0.6) is 5.75 Å². The van der Waals surface area contributed by atoms with E-state index in [1.807, 2.05) is 24.3 Å². The third-order valence-electron chi connectivity index (χ3n) is 6.17. The lowest BCUT2D eigenvalue weighted by atomic mass is 9.99. The fourth-order valence-corrected chi connectivity index (χ4v) is 5.10. The smallest absolute Gasteiger partial charge is 0.276 e. The second kappa shape index (κ2) is 9.55. The maximum Gasteiger partial charge on any atom is 0.276 e. The lowest BCUT2D eigenvalue weighted by Crippen LogP contribution is -2.49. The van der Waals surface area contributed by atoms with Crippen LogP contribution >= 0.6 is 11.5 Å². The topological polar surface area (TPSA) is 84.4 Å². The first-order chi connectivity index (χ1) is 14.7. The lowest BCUT2D eigenvalue weighted by molar-refractivity contribution is -0.127. The minimum atomic E-state index is -0.724. The molecule has 2 aliphatic rings. The SMILES string of the molecule is COc1cccc(C(C(=O)NC2CCCC2)N(C(=O)c2csnn2)C2CCCC2)c1. The van der Waals surface area contributed by atoms with Gasteiger partial charge in [-0.2, -0.15) is 0 Å². The fraction of sp³-hybridized carbons (Fsp3) is 0.545. The van der Waals surface area contributed by atoms with Gasteiger partial charge in [0, 0.05) is 17.5 Å². The van der Waals surface area contributed by atoms with Crippen molar-refractivity contribution in [2.75, 3.05) is 7.11 Å². The van der Waals surface area contributed by atoms with Crippen LogP contribution in [0.2, 0.25) is 0 Å². The second-order valence-electron chi connectivity index (χ2n) is 8.11. The summed E-state index contributed by atoms with van der Waals surface area (Å²) in [6.45, 7) is 0. The van der Waals surface area contributed by atoms with Gasteiger partial charge in [0.1, 0.15) is 11.8 Å². The summed E-state index contributed by atoms with van der Waals surface area (Å²) < 4.78 is 9.26. The number of carbonyl (C=O) groups excluding carboxylic acids is 2. The van der Waals surface area contributed by atoms with E-state index in [-0.39, 0.29) is 23.9 Å². The first kappa shape index (κ1) is 20.8. The van der Waals surface area contributed by atoms with Crippen molar-refractivity contribution in [3.63, 3.8) is 0 Å². The quantitative estimate of drug-likeness (QED) is 0.726. The summed E-state index contributed by atoms with van der Waals surface area (Å²) in [5.41, 5.74) is 1.06. The Balaban J connectivity index is 1.73. The largest absolute Gasteiger partial charge is 0.497 e. The van der Waals surface area contributed by atoms with E-state index in [1.54, 1.807) is 17.4 Å². The zero-order valence-electron chi connectivity index (χ0n) is 17.3. The zero-order chi connectivity index (χ0) is 20.9. The average Bonchev–Trinajstić information content (AvgIpc) is 3.54. The number of hydrogen-bond donors (Lipinski definition) is 1. The molecule has 0 aliphatic heterocycles. The number of amides is 2. The van der Waals surface area contributed by atoms with Crippen molar-refractivity contribution in [1.29, 1.82) is 0 Å². The molecule has 0 spiro atoms. The van der Waals surface area contributed by atoms with Crippen molar-refractivity contribution in [1.82, 2.24) is 19.8 Å². The van der Waals surface area contributed by atoms with Gasteiger partial charge in [-0.25, -0.2) is 0 Å². The molecule has 2 aliphatic carbocycles. The third kappa shape index (κ3) is 4.48. The molecule has 2 aromatic rings. The highest BCUT2D eigenvalue weighted by Crippen LogP contribution is 2.34. The summed E-state index contributed by atoms with van der Waals surface area (Å²) in [4.78, 5) is 28.9. The highest BCUT2D eigenvalue weighted by atomic mass is 32.1. The highest BCUT2D eigenvalue weighted by molar-refractivity contribution is 7.03. The molecule has 2 amide bonds. The lowest BCUT2D eigenvalue weighted by Gasteiger charge is -2.36. The van der Waals surface area contributed by atoms with Crippen molar-refractivity contribution < 1.29 is 14.3 Å². The summed E-state index contributed by atoms with van der Waals surface area (Å²) in [7, 11) is 1.60. The molecule has 1 atom stereocenters. The molecule has 1 aromatic heterocycles. The van der Waals surface area contributed by atoms with Gasteiger partial charge in [0.2, 0.25) is 5.91 Å². The fourth-order valence-electron chi connectivity index (χ4n) is 4.67. The Labute approximate surface area is 181 Å². The summed E-state index contributed by atoms with van der Waals surface area (Å²) >= 11 is 1.15. The molecule has 1 heterocycles. The number of rotatable bonds is 7. The van der Waals surface area contributed by atoms with Gasteiger partial charge in [0.05, 0.1) is 7.11 Å². The maximum atomic E-state index is 13.6. The van der Waals surface area contributed by atoms with Crippen LogP contribution in [0.3, 0.4) is 0 Å². The van der Waals surface area contributed by atoms with E-state index in [0.29, 0.717) is 11.4 Å². The molecule has 7 nitrogen and oxygen atoms in total. The molecule has 4 rings (SSSR count). The van der Waals surface area contributed by atoms with Crippen LogP contribution in [0.15, 0.2) is 29.6 Å². The number of benzene rings is 1. The average molecular weight is 429 g/mol. The first-order valence-corrected chi connectivity index (χ1v) is 11.5. The number of methoxy groups -OCH3 is 1. The normalized spacial score (nSPS) is 18.3. The van der Waals surface area contributed by atoms with E-state index >= 15 is 0 Å². The van der Waals surface area contributed by atoms with E-state index in [9.17, 15) is 9.59 Å². The Kier molecular flexibility index (Phi) is 6.62. The van der Waals surface area contributed by atoms with Crippen LogP contribution in [0, 0.1) is 0 Å². The molecule has 1 aromatic carbocycles. The van der Waals surface area contributed by atoms with Crippen molar-refractivity contribution >= 4 is 23.3 Å². The van der Waals surface area contributed by atoms with E-state index in [0.717, 1.165) is 68.5 Å². The standard InChI is InChI=1S/C22H28N4O3S/c1-29-18-12-6-7-15(13-18)20(21(27)23-16-8-2-3-9-16)26(17-10-4-5-11-17)22(28)19-14-30-25-24-19/h6-7,12-14,16-17,20H,2-5,8-11H2,1H3,(H,23,27). The monoisotopic (exact) mass is 428 g/mol. The molecule has 2 saturated carbocycles. The molecule has 1 N–H and O–H groups in total. The van der Waals surface area contributed by atoms with Crippen molar-refractivity contribution in [2.24, 2.45) is 0 Å². The van der Waals surface area contributed by atoms with E-state index in [4.69, 9.17) is 4.74 Å². The van der Waals surface area contributed by atoms with E-state index in [2.05, 4.69) is 14.9 Å². The van der Waals surface area contributed by atoms with Gasteiger partial charge in [-0.1, -0.05) is 42.3 Å². The number of hydrogen-bond acceptors (Lipinski definition) is 6. The molecule has 0 saturated heterocycles.